The minimum atomic E-state index is -0.252. The second-order valence-electron chi connectivity index (χ2n) is 3.46. The third-order valence-corrected chi connectivity index (χ3v) is 2.26. The summed E-state index contributed by atoms with van der Waals surface area (Å²) in [5.74, 6) is -0.252. The van der Waals surface area contributed by atoms with Crippen LogP contribution in [0.2, 0.25) is 0 Å². The van der Waals surface area contributed by atoms with Crippen molar-refractivity contribution in [1.82, 2.24) is 15.4 Å². The van der Waals surface area contributed by atoms with E-state index in [0.717, 1.165) is 11.4 Å². The summed E-state index contributed by atoms with van der Waals surface area (Å²) in [4.78, 5) is 18.5. The first-order valence-electron chi connectivity index (χ1n) is 5.16. The molecule has 0 saturated heterocycles. The number of hydrogen-bond donors (Lipinski definition) is 2. The largest absolute Gasteiger partial charge is 0.360 e. The summed E-state index contributed by atoms with van der Waals surface area (Å²) < 4.78 is 0. The third-order valence-electron chi connectivity index (χ3n) is 2.26. The van der Waals surface area contributed by atoms with Crippen molar-refractivity contribution in [3.63, 3.8) is 0 Å². The Kier molecular flexibility index (Phi) is 3.30. The first-order valence-corrected chi connectivity index (χ1v) is 5.16. The number of rotatable bonds is 3. The summed E-state index contributed by atoms with van der Waals surface area (Å²) in [6.07, 6.45) is 4.94. The van der Waals surface area contributed by atoms with Gasteiger partial charge in [0.25, 0.3) is 5.91 Å². The van der Waals surface area contributed by atoms with E-state index in [1.165, 1.54) is 0 Å². The average molecular weight is 228 g/mol. The van der Waals surface area contributed by atoms with Gasteiger partial charge in [-0.2, -0.15) is 5.10 Å². The first-order chi connectivity index (χ1) is 8.27. The Morgan fingerprint density at radius 1 is 1.35 bits per heavy atom. The van der Waals surface area contributed by atoms with Gasteiger partial charge in [-0.05, 0) is 31.2 Å². The molecule has 5 heteroatoms. The van der Waals surface area contributed by atoms with Crippen molar-refractivity contribution < 1.29 is 4.79 Å². The van der Waals surface area contributed by atoms with Crippen LogP contribution in [0.3, 0.4) is 0 Å². The summed E-state index contributed by atoms with van der Waals surface area (Å²) in [6, 6.07) is 7.03. The van der Waals surface area contributed by atoms with Crippen LogP contribution >= 0.6 is 0 Å². The van der Waals surface area contributed by atoms with Crippen molar-refractivity contribution in [1.29, 1.82) is 0 Å². The number of carbonyl (C=O) groups excluding carboxylic acids is 1. The molecule has 2 aromatic heterocycles. The fraction of sp³-hybridized carbons (Fsp3) is 0.0833. The van der Waals surface area contributed by atoms with Crippen LogP contribution in [0, 0.1) is 0 Å². The molecule has 2 heterocycles. The molecule has 17 heavy (non-hydrogen) atoms. The number of hydrogen-bond acceptors (Lipinski definition) is 3. The van der Waals surface area contributed by atoms with Gasteiger partial charge in [0.2, 0.25) is 0 Å². The van der Waals surface area contributed by atoms with E-state index in [1.54, 1.807) is 30.7 Å². The Hall–Kier alpha value is -2.43. The maximum absolute atomic E-state index is 11.7. The van der Waals surface area contributed by atoms with Gasteiger partial charge in [0, 0.05) is 24.2 Å². The molecule has 0 saturated carbocycles. The molecule has 0 atom stereocenters. The molecular formula is C12H12N4O. The van der Waals surface area contributed by atoms with E-state index < -0.39 is 0 Å². The van der Waals surface area contributed by atoms with E-state index in [1.807, 2.05) is 19.1 Å². The van der Waals surface area contributed by atoms with Crippen molar-refractivity contribution in [2.75, 3.05) is 0 Å². The summed E-state index contributed by atoms with van der Waals surface area (Å²) in [6.45, 7) is 1.82. The van der Waals surface area contributed by atoms with E-state index in [0.29, 0.717) is 5.56 Å². The molecule has 0 radical (unpaired) electrons. The van der Waals surface area contributed by atoms with Gasteiger partial charge in [0.05, 0.1) is 11.4 Å². The highest BCUT2D eigenvalue weighted by Crippen LogP contribution is 1.98. The van der Waals surface area contributed by atoms with Gasteiger partial charge in [0.1, 0.15) is 0 Å². The van der Waals surface area contributed by atoms with Crippen LogP contribution in [0.15, 0.2) is 48.0 Å². The van der Waals surface area contributed by atoms with Crippen molar-refractivity contribution in [3.8, 4) is 0 Å². The molecule has 2 rings (SSSR count). The third kappa shape index (κ3) is 2.78. The number of aromatic amines is 1. The molecule has 86 valence electrons. The second kappa shape index (κ2) is 5.07. The quantitative estimate of drug-likeness (QED) is 0.618. The summed E-state index contributed by atoms with van der Waals surface area (Å²) >= 11 is 0. The molecular weight excluding hydrogens is 216 g/mol. The van der Waals surface area contributed by atoms with Gasteiger partial charge in [-0.1, -0.05) is 0 Å². The molecule has 0 spiro atoms. The molecule has 0 aromatic carbocycles. The Morgan fingerprint density at radius 2 is 2.12 bits per heavy atom. The molecule has 1 amide bonds. The normalized spacial score (nSPS) is 11.2. The molecule has 0 aliphatic carbocycles. The SMILES string of the molecule is CC(=NNC(=O)c1ccncc1)c1ccc[nH]1. The lowest BCUT2D eigenvalue weighted by Crippen LogP contribution is -2.19. The number of aromatic nitrogens is 2. The predicted octanol–water partition coefficient (Wildman–Crippen LogP) is 1.56. The minimum absolute atomic E-state index is 0.252. The number of H-pyrrole nitrogens is 1. The van der Waals surface area contributed by atoms with Crippen LogP contribution in [0.4, 0.5) is 0 Å². The number of amides is 1. The molecule has 2 aromatic rings. The van der Waals surface area contributed by atoms with Gasteiger partial charge in [0.15, 0.2) is 0 Å². The van der Waals surface area contributed by atoms with E-state index in [2.05, 4.69) is 20.5 Å². The molecule has 0 unspecified atom stereocenters. The number of pyridine rings is 1. The van der Waals surface area contributed by atoms with Gasteiger partial charge < -0.3 is 4.98 Å². The Bertz CT molecular complexity index is 517. The Labute approximate surface area is 98.6 Å². The summed E-state index contributed by atoms with van der Waals surface area (Å²) in [7, 11) is 0. The Balaban J connectivity index is 2.04. The van der Waals surface area contributed by atoms with Crippen LogP contribution in [0.5, 0.6) is 0 Å². The van der Waals surface area contributed by atoms with Crippen molar-refractivity contribution in [2.45, 2.75) is 6.92 Å². The standard InChI is InChI=1S/C12H12N4O/c1-9(11-3-2-6-14-11)15-16-12(17)10-4-7-13-8-5-10/h2-8,14H,1H3,(H,16,17). The average Bonchev–Trinajstić information content (AvgIpc) is 2.90. The lowest BCUT2D eigenvalue weighted by molar-refractivity contribution is 0.0954. The maximum atomic E-state index is 11.7. The molecule has 0 bridgehead atoms. The summed E-state index contributed by atoms with van der Waals surface area (Å²) in [5.41, 5.74) is 4.61. The van der Waals surface area contributed by atoms with Crippen LogP contribution in [-0.2, 0) is 0 Å². The lowest BCUT2D eigenvalue weighted by atomic mass is 10.2. The van der Waals surface area contributed by atoms with Crippen molar-refractivity contribution in [3.05, 3.63) is 54.1 Å². The monoisotopic (exact) mass is 228 g/mol. The van der Waals surface area contributed by atoms with Gasteiger partial charge >= 0.3 is 0 Å². The maximum Gasteiger partial charge on any atom is 0.271 e. The molecule has 0 aliphatic rings. The topological polar surface area (TPSA) is 70.1 Å². The van der Waals surface area contributed by atoms with Gasteiger partial charge in [-0.15, -0.1) is 0 Å². The Morgan fingerprint density at radius 3 is 2.76 bits per heavy atom. The first kappa shape index (κ1) is 11.1. The number of carbonyl (C=O) groups is 1. The predicted molar refractivity (Wildman–Crippen MR) is 64.7 cm³/mol. The van der Waals surface area contributed by atoms with Crippen LogP contribution < -0.4 is 5.43 Å². The highest BCUT2D eigenvalue weighted by Gasteiger charge is 2.03. The van der Waals surface area contributed by atoms with E-state index in [4.69, 9.17) is 0 Å². The van der Waals surface area contributed by atoms with E-state index in [9.17, 15) is 4.79 Å². The zero-order chi connectivity index (χ0) is 12.1. The zero-order valence-electron chi connectivity index (χ0n) is 9.34. The van der Waals surface area contributed by atoms with Crippen LogP contribution in [0.25, 0.3) is 0 Å². The van der Waals surface area contributed by atoms with Crippen molar-refractivity contribution in [2.24, 2.45) is 5.10 Å². The minimum Gasteiger partial charge on any atom is -0.360 e. The van der Waals surface area contributed by atoms with Crippen LogP contribution in [-0.4, -0.2) is 21.6 Å². The van der Waals surface area contributed by atoms with Crippen molar-refractivity contribution >= 4 is 11.6 Å². The number of hydrazone groups is 1. The number of nitrogens with one attached hydrogen (secondary N) is 2. The highest BCUT2D eigenvalue weighted by atomic mass is 16.2. The van der Waals surface area contributed by atoms with E-state index in [-0.39, 0.29) is 5.91 Å². The fourth-order valence-electron chi connectivity index (χ4n) is 1.32. The van der Waals surface area contributed by atoms with E-state index >= 15 is 0 Å². The number of nitrogens with zero attached hydrogens (tertiary/aromatic N) is 2. The van der Waals surface area contributed by atoms with Gasteiger partial charge in [-0.3, -0.25) is 9.78 Å². The highest BCUT2D eigenvalue weighted by molar-refractivity contribution is 5.99. The summed E-state index contributed by atoms with van der Waals surface area (Å²) in [5, 5.41) is 4.01. The lowest BCUT2D eigenvalue weighted by Gasteiger charge is -2.00. The van der Waals surface area contributed by atoms with Gasteiger partial charge in [-0.25, -0.2) is 5.43 Å². The van der Waals surface area contributed by atoms with Crippen LogP contribution in [0.1, 0.15) is 23.0 Å². The smallest absolute Gasteiger partial charge is 0.271 e. The molecule has 5 nitrogen and oxygen atoms in total. The molecule has 2 N–H and O–H groups in total. The molecule has 0 fully saturated rings. The fourth-order valence-corrected chi connectivity index (χ4v) is 1.32. The molecule has 0 aliphatic heterocycles. The second-order valence-corrected chi connectivity index (χ2v) is 3.46. The zero-order valence-corrected chi connectivity index (χ0v) is 9.34.